The first-order chi connectivity index (χ1) is 16.3. The van der Waals surface area contributed by atoms with Crippen LogP contribution in [0, 0.1) is 10.6 Å². The van der Waals surface area contributed by atoms with Gasteiger partial charge in [0.1, 0.15) is 28.5 Å². The molecule has 1 atom stereocenters. The summed E-state index contributed by atoms with van der Waals surface area (Å²) in [6.07, 6.45) is 0. The number of hydrogen-bond donors (Lipinski definition) is 2. The number of methoxy groups -OCH3 is 2. The van der Waals surface area contributed by atoms with Crippen LogP contribution < -0.4 is 25.7 Å². The van der Waals surface area contributed by atoms with Crippen LogP contribution in [0.3, 0.4) is 0 Å². The van der Waals surface area contributed by atoms with Crippen LogP contribution in [0.2, 0.25) is 0 Å². The summed E-state index contributed by atoms with van der Waals surface area (Å²) in [5, 5.41) is 6.15. The number of ether oxygens (including phenoxy) is 2. The average Bonchev–Trinajstić information content (AvgIpc) is 3.11. The second-order valence-corrected chi connectivity index (χ2v) is 8.44. The fourth-order valence-corrected chi connectivity index (χ4v) is 5.55. The molecule has 176 valence electrons. The van der Waals surface area contributed by atoms with Crippen molar-refractivity contribution < 1.29 is 18.7 Å². The number of hydrogen-bond acceptors (Lipinski definition) is 6. The highest BCUT2D eigenvalue weighted by Crippen LogP contribution is 2.57. The fourth-order valence-electron chi connectivity index (χ4n) is 5.12. The molecule has 2 aliphatic rings. The van der Waals surface area contributed by atoms with E-state index in [0.29, 0.717) is 57.7 Å². The summed E-state index contributed by atoms with van der Waals surface area (Å²) in [6.45, 7) is 4.48. The Bertz CT molecular complexity index is 1500. The standard InChI is InChI=1S/C24H23FN4O4S/c1-5-28-20-19(21(30)29(6-2)23(28)34)24(14-9-12(25)7-8-15(14)26-20)18-16(27-22(24)31)10-13(32-3)11-17(18)33-4/h7-11,26H,5-6H2,1-4H3,(H,27,31)/t24-/m1/s1. The molecule has 5 rings (SSSR count). The SMILES string of the molecule is CCn1c2c(c(=O)n(CC)c1=S)[C@@]1(C(=O)Nc3cc(OC)cc(OC)c31)c1cc(F)ccc1N2. The lowest BCUT2D eigenvalue weighted by atomic mass is 9.68. The van der Waals surface area contributed by atoms with Gasteiger partial charge in [-0.3, -0.25) is 14.2 Å². The van der Waals surface area contributed by atoms with E-state index in [1.807, 2.05) is 13.8 Å². The third kappa shape index (κ3) is 2.65. The van der Waals surface area contributed by atoms with E-state index in [4.69, 9.17) is 21.7 Å². The van der Waals surface area contributed by atoms with E-state index in [2.05, 4.69) is 10.6 Å². The number of benzene rings is 2. The number of rotatable bonds is 4. The Morgan fingerprint density at radius 3 is 2.35 bits per heavy atom. The number of carbonyl (C=O) groups excluding carboxylic acids is 1. The lowest BCUT2D eigenvalue weighted by Gasteiger charge is -2.38. The second-order valence-electron chi connectivity index (χ2n) is 8.07. The van der Waals surface area contributed by atoms with E-state index in [1.165, 1.54) is 30.9 Å². The third-order valence-corrected chi connectivity index (χ3v) is 7.01. The van der Waals surface area contributed by atoms with Crippen molar-refractivity contribution in [2.24, 2.45) is 0 Å². The monoisotopic (exact) mass is 482 g/mol. The molecule has 2 aromatic carbocycles. The Hall–Kier alpha value is -3.66. The zero-order valence-electron chi connectivity index (χ0n) is 19.1. The highest BCUT2D eigenvalue weighted by molar-refractivity contribution is 7.71. The highest BCUT2D eigenvalue weighted by atomic mass is 32.1. The summed E-state index contributed by atoms with van der Waals surface area (Å²) in [5.41, 5.74) is -0.247. The molecular formula is C24H23FN4O4S. The predicted molar refractivity (Wildman–Crippen MR) is 129 cm³/mol. The van der Waals surface area contributed by atoms with Crippen molar-refractivity contribution in [2.75, 3.05) is 24.9 Å². The van der Waals surface area contributed by atoms with Gasteiger partial charge in [-0.1, -0.05) is 0 Å². The van der Waals surface area contributed by atoms with Crippen LogP contribution in [-0.2, 0) is 23.3 Å². The lowest BCUT2D eigenvalue weighted by molar-refractivity contribution is -0.118. The summed E-state index contributed by atoms with van der Waals surface area (Å²) in [5.74, 6) is 0.197. The number of amides is 1. The number of aromatic nitrogens is 2. The molecule has 3 aromatic rings. The van der Waals surface area contributed by atoms with Crippen molar-refractivity contribution in [3.8, 4) is 11.5 Å². The molecule has 0 bridgehead atoms. The van der Waals surface area contributed by atoms with E-state index in [9.17, 15) is 14.0 Å². The first-order valence-electron chi connectivity index (χ1n) is 10.9. The van der Waals surface area contributed by atoms with Gasteiger partial charge in [0.2, 0.25) is 5.91 Å². The third-order valence-electron chi connectivity index (χ3n) is 6.57. The molecule has 10 heteroatoms. The molecule has 0 aliphatic carbocycles. The minimum atomic E-state index is -1.67. The molecule has 0 saturated carbocycles. The van der Waals surface area contributed by atoms with Crippen molar-refractivity contribution in [2.45, 2.75) is 32.4 Å². The molecule has 2 aliphatic heterocycles. The summed E-state index contributed by atoms with van der Waals surface area (Å²) in [7, 11) is 2.98. The molecule has 34 heavy (non-hydrogen) atoms. The number of nitrogens with one attached hydrogen (secondary N) is 2. The maximum Gasteiger partial charge on any atom is 0.261 e. The molecule has 1 amide bonds. The topological polar surface area (TPSA) is 86.5 Å². The maximum atomic E-state index is 14.7. The van der Waals surface area contributed by atoms with E-state index >= 15 is 0 Å². The van der Waals surface area contributed by atoms with Gasteiger partial charge in [-0.05, 0) is 44.3 Å². The summed E-state index contributed by atoms with van der Waals surface area (Å²) >= 11 is 5.62. The van der Waals surface area contributed by atoms with Crippen molar-refractivity contribution in [3.63, 3.8) is 0 Å². The minimum Gasteiger partial charge on any atom is -0.497 e. The predicted octanol–water partition coefficient (Wildman–Crippen LogP) is 3.92. The van der Waals surface area contributed by atoms with Crippen molar-refractivity contribution in [1.82, 2.24) is 9.13 Å². The average molecular weight is 483 g/mol. The fraction of sp³-hybridized carbons (Fsp3) is 0.292. The zero-order valence-corrected chi connectivity index (χ0v) is 19.9. The minimum absolute atomic E-state index is 0.169. The summed E-state index contributed by atoms with van der Waals surface area (Å²) in [4.78, 5) is 28.0. The van der Waals surface area contributed by atoms with Crippen LogP contribution in [0.4, 0.5) is 21.6 Å². The molecule has 1 spiro atoms. The Kier molecular flexibility index (Phi) is 5.01. The molecule has 2 N–H and O–H groups in total. The van der Waals surface area contributed by atoms with Gasteiger partial charge in [0, 0.05) is 42.0 Å². The van der Waals surface area contributed by atoms with E-state index in [0.717, 1.165) is 0 Å². The summed E-state index contributed by atoms with van der Waals surface area (Å²) < 4.78 is 29.3. The van der Waals surface area contributed by atoms with Crippen LogP contribution in [-0.4, -0.2) is 29.3 Å². The molecule has 3 heterocycles. The van der Waals surface area contributed by atoms with Crippen molar-refractivity contribution >= 4 is 35.3 Å². The molecule has 0 unspecified atom stereocenters. The van der Waals surface area contributed by atoms with Crippen LogP contribution in [0.15, 0.2) is 35.1 Å². The molecule has 1 aromatic heterocycles. The molecule has 0 radical (unpaired) electrons. The Balaban J connectivity index is 2.05. The van der Waals surface area contributed by atoms with Crippen molar-refractivity contribution in [1.29, 1.82) is 0 Å². The van der Waals surface area contributed by atoms with Gasteiger partial charge in [-0.15, -0.1) is 0 Å². The highest BCUT2D eigenvalue weighted by Gasteiger charge is 2.58. The van der Waals surface area contributed by atoms with Gasteiger partial charge >= 0.3 is 0 Å². The number of anilines is 3. The number of nitrogens with zero attached hydrogens (tertiary/aromatic N) is 2. The van der Waals surface area contributed by atoms with Crippen LogP contribution in [0.1, 0.15) is 30.5 Å². The molecule has 8 nitrogen and oxygen atoms in total. The van der Waals surface area contributed by atoms with Gasteiger partial charge in [-0.25, -0.2) is 4.39 Å². The number of fused-ring (bicyclic) bond motifs is 6. The Morgan fingerprint density at radius 1 is 0.971 bits per heavy atom. The van der Waals surface area contributed by atoms with E-state index in [1.54, 1.807) is 22.8 Å². The number of carbonyl (C=O) groups is 1. The molecular weight excluding hydrogens is 459 g/mol. The Morgan fingerprint density at radius 2 is 1.71 bits per heavy atom. The largest absolute Gasteiger partial charge is 0.497 e. The van der Waals surface area contributed by atoms with Crippen LogP contribution >= 0.6 is 12.2 Å². The Labute approximate surface area is 199 Å². The lowest BCUT2D eigenvalue weighted by Crippen LogP contribution is -2.47. The van der Waals surface area contributed by atoms with Gasteiger partial charge in [0.25, 0.3) is 5.56 Å². The van der Waals surface area contributed by atoms with Gasteiger partial charge in [0.05, 0.1) is 25.5 Å². The smallest absolute Gasteiger partial charge is 0.261 e. The quantitative estimate of drug-likeness (QED) is 0.549. The normalized spacial score (nSPS) is 17.5. The van der Waals surface area contributed by atoms with Gasteiger partial charge in [0.15, 0.2) is 4.77 Å². The second kappa shape index (κ2) is 7.69. The molecule has 0 fully saturated rings. The van der Waals surface area contributed by atoms with Crippen molar-refractivity contribution in [3.05, 3.63) is 68.0 Å². The first kappa shape index (κ1) is 22.1. The van der Waals surface area contributed by atoms with Crippen LogP contribution in [0.25, 0.3) is 0 Å². The van der Waals surface area contributed by atoms with Gasteiger partial charge < -0.3 is 24.7 Å². The van der Waals surface area contributed by atoms with Gasteiger partial charge in [-0.2, -0.15) is 0 Å². The number of halogens is 1. The van der Waals surface area contributed by atoms with E-state index in [-0.39, 0.29) is 5.56 Å². The first-order valence-corrected chi connectivity index (χ1v) is 11.3. The maximum absolute atomic E-state index is 14.7. The van der Waals surface area contributed by atoms with Crippen LogP contribution in [0.5, 0.6) is 11.5 Å². The molecule has 0 saturated heterocycles. The summed E-state index contributed by atoms with van der Waals surface area (Å²) in [6, 6.07) is 7.47. The zero-order chi connectivity index (χ0) is 24.4. The van der Waals surface area contributed by atoms with E-state index < -0.39 is 22.7 Å².